The van der Waals surface area contributed by atoms with E-state index in [4.69, 9.17) is 14.2 Å². The van der Waals surface area contributed by atoms with Gasteiger partial charge in [-0.1, -0.05) is 39.3 Å². The zero-order valence-corrected chi connectivity index (χ0v) is 21.0. The summed E-state index contributed by atoms with van der Waals surface area (Å²) in [5.41, 5.74) is 2.04. The lowest BCUT2D eigenvalue weighted by Crippen LogP contribution is -2.37. The fourth-order valence-corrected chi connectivity index (χ4v) is 5.19. The second kappa shape index (κ2) is 10.5. The van der Waals surface area contributed by atoms with Gasteiger partial charge in [-0.25, -0.2) is 13.9 Å². The van der Waals surface area contributed by atoms with Gasteiger partial charge in [0.05, 0.1) is 14.2 Å². The highest BCUT2D eigenvalue weighted by molar-refractivity contribution is 5.76. The number of benzene rings is 2. The maximum atomic E-state index is 13.2. The van der Waals surface area contributed by atoms with Crippen molar-refractivity contribution in [3.63, 3.8) is 0 Å². The SMILES string of the molecule is COc1ccc(OCc2n(CC(=O)O[C@@H]3C[C@H](C)CC[C@@H]3C(C)C)c3ccccc3[n+]2C)cc1. The largest absolute Gasteiger partial charge is 0.497 e. The Kier molecular flexibility index (Phi) is 7.44. The second-order valence-electron chi connectivity index (χ2n) is 9.87. The van der Waals surface area contributed by atoms with Gasteiger partial charge >= 0.3 is 5.97 Å². The minimum atomic E-state index is -0.184. The van der Waals surface area contributed by atoms with Crippen molar-refractivity contribution in [2.24, 2.45) is 24.8 Å². The monoisotopic (exact) mass is 465 g/mol. The Morgan fingerprint density at radius 2 is 1.79 bits per heavy atom. The van der Waals surface area contributed by atoms with E-state index in [0.717, 1.165) is 41.2 Å². The maximum Gasteiger partial charge on any atom is 0.348 e. The van der Waals surface area contributed by atoms with Crippen LogP contribution in [0.4, 0.5) is 0 Å². The number of aromatic nitrogens is 2. The molecule has 182 valence electrons. The Morgan fingerprint density at radius 3 is 2.50 bits per heavy atom. The smallest absolute Gasteiger partial charge is 0.348 e. The zero-order valence-electron chi connectivity index (χ0n) is 21.0. The zero-order chi connectivity index (χ0) is 24.2. The van der Waals surface area contributed by atoms with Crippen LogP contribution >= 0.6 is 0 Å². The van der Waals surface area contributed by atoms with E-state index >= 15 is 0 Å². The van der Waals surface area contributed by atoms with Crippen LogP contribution in [-0.2, 0) is 29.7 Å². The molecule has 0 unspecified atom stereocenters. The van der Waals surface area contributed by atoms with Crippen molar-refractivity contribution in [3.05, 3.63) is 54.4 Å². The van der Waals surface area contributed by atoms with E-state index in [1.807, 2.05) is 54.1 Å². The third-order valence-electron chi connectivity index (χ3n) is 7.19. The molecule has 34 heavy (non-hydrogen) atoms. The van der Waals surface area contributed by atoms with Crippen molar-refractivity contribution >= 4 is 17.0 Å². The Bertz CT molecular complexity index is 1120. The molecule has 0 aliphatic heterocycles. The van der Waals surface area contributed by atoms with Crippen molar-refractivity contribution in [2.45, 2.75) is 59.3 Å². The van der Waals surface area contributed by atoms with Crippen molar-refractivity contribution in [1.29, 1.82) is 0 Å². The third kappa shape index (κ3) is 5.21. The minimum absolute atomic E-state index is 0.00849. The summed E-state index contributed by atoms with van der Waals surface area (Å²) in [5, 5.41) is 0. The molecule has 3 aromatic rings. The van der Waals surface area contributed by atoms with Gasteiger partial charge in [0.15, 0.2) is 24.2 Å². The molecule has 0 bridgehead atoms. The first-order valence-electron chi connectivity index (χ1n) is 12.3. The molecule has 1 aromatic heterocycles. The number of rotatable bonds is 8. The number of carbonyl (C=O) groups excluding carboxylic acids is 1. The van der Waals surface area contributed by atoms with Gasteiger partial charge in [-0.15, -0.1) is 0 Å². The van der Waals surface area contributed by atoms with E-state index in [-0.39, 0.29) is 18.6 Å². The van der Waals surface area contributed by atoms with Crippen LogP contribution in [0.5, 0.6) is 11.5 Å². The average molecular weight is 466 g/mol. The fraction of sp³-hybridized carbons (Fsp3) is 0.500. The van der Waals surface area contributed by atoms with Crippen molar-refractivity contribution < 1.29 is 23.6 Å². The molecular formula is C28H37N2O4+. The number of hydrogen-bond acceptors (Lipinski definition) is 4. The molecule has 0 N–H and O–H groups in total. The summed E-state index contributed by atoms with van der Waals surface area (Å²) in [7, 11) is 3.65. The van der Waals surface area contributed by atoms with Crippen LogP contribution < -0.4 is 14.0 Å². The van der Waals surface area contributed by atoms with E-state index in [1.54, 1.807) is 7.11 Å². The van der Waals surface area contributed by atoms with E-state index in [0.29, 0.717) is 24.4 Å². The van der Waals surface area contributed by atoms with E-state index in [2.05, 4.69) is 31.4 Å². The molecule has 3 atom stereocenters. The van der Waals surface area contributed by atoms with E-state index < -0.39 is 0 Å². The molecule has 0 amide bonds. The quantitative estimate of drug-likeness (QED) is 0.345. The number of methoxy groups -OCH3 is 1. The third-order valence-corrected chi connectivity index (χ3v) is 7.19. The summed E-state index contributed by atoms with van der Waals surface area (Å²) in [4.78, 5) is 13.2. The molecule has 4 rings (SSSR count). The van der Waals surface area contributed by atoms with Gasteiger partial charge in [-0.05, 0) is 67.0 Å². The van der Waals surface area contributed by atoms with Crippen LogP contribution in [-0.4, -0.2) is 23.8 Å². The topological polar surface area (TPSA) is 53.6 Å². The maximum absolute atomic E-state index is 13.2. The van der Waals surface area contributed by atoms with Gasteiger partial charge in [-0.3, -0.25) is 0 Å². The van der Waals surface area contributed by atoms with Crippen LogP contribution in [0.15, 0.2) is 48.5 Å². The summed E-state index contributed by atoms with van der Waals surface area (Å²) < 4.78 is 21.5. The van der Waals surface area contributed by atoms with Crippen molar-refractivity contribution in [3.8, 4) is 11.5 Å². The van der Waals surface area contributed by atoms with Crippen LogP contribution in [0, 0.1) is 17.8 Å². The number of carbonyl (C=O) groups is 1. The van der Waals surface area contributed by atoms with Crippen LogP contribution in [0.3, 0.4) is 0 Å². The number of esters is 1. The lowest BCUT2D eigenvalue weighted by Gasteiger charge is -2.36. The molecule has 1 heterocycles. The Morgan fingerprint density at radius 1 is 1.09 bits per heavy atom. The molecule has 1 saturated carbocycles. The summed E-state index contributed by atoms with van der Waals surface area (Å²) in [6.45, 7) is 7.22. The number of ether oxygens (including phenoxy) is 3. The summed E-state index contributed by atoms with van der Waals surface area (Å²) in [6.07, 6.45) is 3.27. The normalized spacial score (nSPS) is 20.5. The number of fused-ring (bicyclic) bond motifs is 1. The predicted octanol–water partition coefficient (Wildman–Crippen LogP) is 5.06. The van der Waals surface area contributed by atoms with Crippen molar-refractivity contribution in [1.82, 2.24) is 4.57 Å². The lowest BCUT2D eigenvalue weighted by atomic mass is 9.75. The van der Waals surface area contributed by atoms with Crippen LogP contribution in [0.1, 0.15) is 45.9 Å². The molecular weight excluding hydrogens is 428 g/mol. The van der Waals surface area contributed by atoms with Crippen LogP contribution in [0.2, 0.25) is 0 Å². The molecule has 2 aromatic carbocycles. The Labute approximate surface area is 202 Å². The second-order valence-corrected chi connectivity index (χ2v) is 9.87. The van der Waals surface area contributed by atoms with Gasteiger partial charge in [0.2, 0.25) is 0 Å². The molecule has 0 spiro atoms. The number of imidazole rings is 1. The number of aryl methyl sites for hydroxylation is 1. The lowest BCUT2D eigenvalue weighted by molar-refractivity contribution is -0.655. The van der Waals surface area contributed by atoms with Crippen LogP contribution in [0.25, 0.3) is 11.0 Å². The van der Waals surface area contributed by atoms with Gasteiger partial charge in [0.1, 0.15) is 17.6 Å². The van der Waals surface area contributed by atoms with Gasteiger partial charge < -0.3 is 14.2 Å². The summed E-state index contributed by atoms with van der Waals surface area (Å²) in [5.74, 6) is 3.77. The highest BCUT2D eigenvalue weighted by Gasteiger charge is 2.34. The summed E-state index contributed by atoms with van der Waals surface area (Å²) in [6, 6.07) is 15.6. The number of hydrogen-bond donors (Lipinski definition) is 0. The minimum Gasteiger partial charge on any atom is -0.497 e. The van der Waals surface area contributed by atoms with Gasteiger partial charge in [-0.2, -0.15) is 0 Å². The first kappa shape index (κ1) is 24.1. The van der Waals surface area contributed by atoms with E-state index in [9.17, 15) is 4.79 Å². The molecule has 6 heteroatoms. The van der Waals surface area contributed by atoms with Gasteiger partial charge in [0, 0.05) is 0 Å². The van der Waals surface area contributed by atoms with E-state index in [1.165, 1.54) is 6.42 Å². The first-order valence-corrected chi connectivity index (χ1v) is 12.3. The molecule has 0 saturated heterocycles. The predicted molar refractivity (Wildman–Crippen MR) is 132 cm³/mol. The van der Waals surface area contributed by atoms with Crippen molar-refractivity contribution in [2.75, 3.05) is 7.11 Å². The van der Waals surface area contributed by atoms with Gasteiger partial charge in [0.25, 0.3) is 5.82 Å². The average Bonchev–Trinajstić information content (AvgIpc) is 3.08. The molecule has 1 aliphatic carbocycles. The first-order chi connectivity index (χ1) is 16.4. The Balaban J connectivity index is 1.55. The Hall–Kier alpha value is -3.02. The summed E-state index contributed by atoms with van der Waals surface area (Å²) >= 11 is 0. The number of nitrogens with zero attached hydrogens (tertiary/aromatic N) is 2. The number of para-hydroxylation sites is 2. The highest BCUT2D eigenvalue weighted by atomic mass is 16.5. The molecule has 1 fully saturated rings. The highest BCUT2D eigenvalue weighted by Crippen LogP contribution is 2.35. The molecule has 1 aliphatic rings. The molecule has 0 radical (unpaired) electrons. The molecule has 6 nitrogen and oxygen atoms in total. The standard InChI is InChI=1S/C28H37N2O4/c1-19(2)23-15-10-20(3)16-26(23)34-28(31)17-30-25-9-7-6-8-24(25)29(4)27(30)18-33-22-13-11-21(32-5)12-14-22/h6-9,11-14,19-20,23,26H,10,15-18H2,1-5H3/q+1/t20-,23-,26-/m1/s1. The fourth-order valence-electron chi connectivity index (χ4n) is 5.19.